The Kier molecular flexibility index (Phi) is 2.86. The summed E-state index contributed by atoms with van der Waals surface area (Å²) in [7, 11) is 1.80. The Morgan fingerprint density at radius 1 is 1.56 bits per heavy atom. The highest BCUT2D eigenvalue weighted by molar-refractivity contribution is 5.92. The number of nitrogens with zero attached hydrogens (tertiary/aromatic N) is 3. The van der Waals surface area contributed by atoms with Gasteiger partial charge in [0.05, 0.1) is 0 Å². The molecule has 0 aromatic carbocycles. The minimum atomic E-state index is -0.0956. The van der Waals surface area contributed by atoms with Gasteiger partial charge < -0.3 is 4.90 Å². The lowest BCUT2D eigenvalue weighted by atomic mass is 9.92. The van der Waals surface area contributed by atoms with Crippen LogP contribution in [-0.4, -0.2) is 28.9 Å². The summed E-state index contributed by atoms with van der Waals surface area (Å²) in [4.78, 5) is 17.7. The average Bonchev–Trinajstić information content (AvgIpc) is 2.25. The van der Waals surface area contributed by atoms with E-state index in [1.807, 2.05) is 6.07 Å². The molecular formula is C12H13N3O. The number of nitriles is 1. The van der Waals surface area contributed by atoms with E-state index in [-0.39, 0.29) is 11.6 Å². The van der Waals surface area contributed by atoms with E-state index in [9.17, 15) is 4.79 Å². The van der Waals surface area contributed by atoms with Gasteiger partial charge in [0, 0.05) is 13.1 Å². The Hall–Kier alpha value is -1.89. The molecule has 1 heterocycles. The van der Waals surface area contributed by atoms with Gasteiger partial charge in [-0.3, -0.25) is 4.79 Å². The van der Waals surface area contributed by atoms with Crippen LogP contribution in [0.2, 0.25) is 0 Å². The molecule has 1 saturated carbocycles. The molecule has 2 rings (SSSR count). The molecule has 1 fully saturated rings. The molecule has 0 radical (unpaired) electrons. The summed E-state index contributed by atoms with van der Waals surface area (Å²) in [6, 6.07) is 7.22. The summed E-state index contributed by atoms with van der Waals surface area (Å²) in [6.45, 7) is 0. The van der Waals surface area contributed by atoms with Crippen LogP contribution in [0.4, 0.5) is 0 Å². The fraction of sp³-hybridized carbons (Fsp3) is 0.417. The van der Waals surface area contributed by atoms with Crippen LogP contribution in [0.5, 0.6) is 0 Å². The van der Waals surface area contributed by atoms with E-state index in [1.165, 1.54) is 6.42 Å². The second-order valence-corrected chi connectivity index (χ2v) is 4.02. The zero-order chi connectivity index (χ0) is 11.5. The van der Waals surface area contributed by atoms with E-state index in [0.717, 1.165) is 12.8 Å². The lowest BCUT2D eigenvalue weighted by Crippen LogP contribution is -2.41. The zero-order valence-electron chi connectivity index (χ0n) is 9.18. The summed E-state index contributed by atoms with van der Waals surface area (Å²) in [5, 5.41) is 8.71. The van der Waals surface area contributed by atoms with Gasteiger partial charge in [0.25, 0.3) is 5.91 Å². The van der Waals surface area contributed by atoms with Gasteiger partial charge in [-0.15, -0.1) is 0 Å². The third-order valence-corrected chi connectivity index (χ3v) is 3.03. The van der Waals surface area contributed by atoms with Crippen molar-refractivity contribution in [3.05, 3.63) is 29.6 Å². The summed E-state index contributed by atoms with van der Waals surface area (Å²) in [6.07, 6.45) is 3.33. The summed E-state index contributed by atoms with van der Waals surface area (Å²) >= 11 is 0. The molecule has 0 bridgehead atoms. The third kappa shape index (κ3) is 1.89. The molecule has 82 valence electrons. The second-order valence-electron chi connectivity index (χ2n) is 4.02. The number of carbonyl (C=O) groups excluding carboxylic acids is 1. The Morgan fingerprint density at radius 3 is 2.88 bits per heavy atom. The molecule has 1 aromatic heterocycles. The summed E-state index contributed by atoms with van der Waals surface area (Å²) in [5.41, 5.74) is 0.640. The van der Waals surface area contributed by atoms with Gasteiger partial charge in [-0.2, -0.15) is 5.26 Å². The third-order valence-electron chi connectivity index (χ3n) is 3.03. The zero-order valence-corrected chi connectivity index (χ0v) is 9.18. The lowest BCUT2D eigenvalue weighted by Gasteiger charge is -2.34. The standard InChI is InChI=1S/C12H13N3O/c1-15(10-5-3-6-10)12(16)11-7-2-4-9(8-13)14-11/h2,4,7,10H,3,5-6H2,1H3. The van der Waals surface area contributed by atoms with Crippen LogP contribution < -0.4 is 0 Å². The van der Waals surface area contributed by atoms with E-state index in [0.29, 0.717) is 11.7 Å². The number of hydrogen-bond acceptors (Lipinski definition) is 3. The van der Waals surface area contributed by atoms with Crippen molar-refractivity contribution in [1.29, 1.82) is 5.26 Å². The second kappa shape index (κ2) is 4.31. The molecule has 1 aromatic rings. The van der Waals surface area contributed by atoms with Crippen molar-refractivity contribution in [2.24, 2.45) is 0 Å². The largest absolute Gasteiger partial charge is 0.337 e. The summed E-state index contributed by atoms with van der Waals surface area (Å²) < 4.78 is 0. The van der Waals surface area contributed by atoms with Gasteiger partial charge in [0.15, 0.2) is 0 Å². The molecule has 0 aliphatic heterocycles. The number of hydrogen-bond donors (Lipinski definition) is 0. The van der Waals surface area contributed by atoms with Gasteiger partial charge >= 0.3 is 0 Å². The number of pyridine rings is 1. The van der Waals surface area contributed by atoms with Gasteiger partial charge in [-0.05, 0) is 31.4 Å². The molecule has 0 unspecified atom stereocenters. The van der Waals surface area contributed by atoms with Crippen molar-refractivity contribution in [1.82, 2.24) is 9.88 Å². The first-order valence-corrected chi connectivity index (χ1v) is 5.36. The molecule has 1 aliphatic carbocycles. The van der Waals surface area contributed by atoms with Crippen molar-refractivity contribution in [2.45, 2.75) is 25.3 Å². The molecular weight excluding hydrogens is 202 g/mol. The highest BCUT2D eigenvalue weighted by Gasteiger charge is 2.26. The maximum absolute atomic E-state index is 12.0. The Labute approximate surface area is 94.5 Å². The topological polar surface area (TPSA) is 57.0 Å². The minimum Gasteiger partial charge on any atom is -0.337 e. The van der Waals surface area contributed by atoms with Crippen LogP contribution in [0.1, 0.15) is 35.4 Å². The van der Waals surface area contributed by atoms with Crippen molar-refractivity contribution in [3.8, 4) is 6.07 Å². The maximum Gasteiger partial charge on any atom is 0.272 e. The predicted molar refractivity (Wildman–Crippen MR) is 58.7 cm³/mol. The smallest absolute Gasteiger partial charge is 0.272 e. The Bertz CT molecular complexity index is 446. The fourth-order valence-corrected chi connectivity index (χ4v) is 1.74. The quantitative estimate of drug-likeness (QED) is 0.752. The van der Waals surface area contributed by atoms with Crippen LogP contribution in [0.15, 0.2) is 18.2 Å². The number of carbonyl (C=O) groups is 1. The maximum atomic E-state index is 12.0. The average molecular weight is 215 g/mol. The van der Waals surface area contributed by atoms with Crippen molar-refractivity contribution in [2.75, 3.05) is 7.05 Å². The van der Waals surface area contributed by atoms with Crippen LogP contribution in [0.25, 0.3) is 0 Å². The van der Waals surface area contributed by atoms with Gasteiger partial charge in [-0.25, -0.2) is 4.98 Å². The molecule has 0 saturated heterocycles. The van der Waals surface area contributed by atoms with Crippen LogP contribution in [0.3, 0.4) is 0 Å². The van der Waals surface area contributed by atoms with Crippen LogP contribution in [-0.2, 0) is 0 Å². The Morgan fingerprint density at radius 2 is 2.31 bits per heavy atom. The molecule has 1 amide bonds. The van der Waals surface area contributed by atoms with E-state index < -0.39 is 0 Å². The normalized spacial score (nSPS) is 15.0. The highest BCUT2D eigenvalue weighted by atomic mass is 16.2. The molecule has 16 heavy (non-hydrogen) atoms. The minimum absolute atomic E-state index is 0.0956. The first kappa shape index (κ1) is 10.6. The van der Waals surface area contributed by atoms with Gasteiger partial charge in [0.2, 0.25) is 0 Å². The van der Waals surface area contributed by atoms with Crippen molar-refractivity contribution in [3.63, 3.8) is 0 Å². The van der Waals surface area contributed by atoms with Crippen molar-refractivity contribution < 1.29 is 4.79 Å². The molecule has 4 nitrogen and oxygen atoms in total. The molecule has 0 spiro atoms. The number of rotatable bonds is 2. The van der Waals surface area contributed by atoms with Gasteiger partial charge in [-0.1, -0.05) is 6.07 Å². The molecule has 4 heteroatoms. The highest BCUT2D eigenvalue weighted by Crippen LogP contribution is 2.24. The summed E-state index contributed by atoms with van der Waals surface area (Å²) in [5.74, 6) is -0.0956. The predicted octanol–water partition coefficient (Wildman–Crippen LogP) is 1.58. The lowest BCUT2D eigenvalue weighted by molar-refractivity contribution is 0.0646. The number of aromatic nitrogens is 1. The van der Waals surface area contributed by atoms with E-state index in [4.69, 9.17) is 5.26 Å². The monoisotopic (exact) mass is 215 g/mol. The first-order chi connectivity index (χ1) is 7.72. The van der Waals surface area contributed by atoms with Crippen molar-refractivity contribution >= 4 is 5.91 Å². The molecule has 0 N–H and O–H groups in total. The van der Waals surface area contributed by atoms with Crippen LogP contribution in [0, 0.1) is 11.3 Å². The van der Waals surface area contributed by atoms with E-state index >= 15 is 0 Å². The van der Waals surface area contributed by atoms with Gasteiger partial charge in [0.1, 0.15) is 17.5 Å². The van der Waals surface area contributed by atoms with E-state index in [2.05, 4.69) is 4.98 Å². The first-order valence-electron chi connectivity index (χ1n) is 5.36. The fourth-order valence-electron chi connectivity index (χ4n) is 1.74. The van der Waals surface area contributed by atoms with E-state index in [1.54, 1.807) is 30.1 Å². The number of amides is 1. The molecule has 0 atom stereocenters. The molecule has 1 aliphatic rings. The Balaban J connectivity index is 2.16. The SMILES string of the molecule is CN(C(=O)c1cccc(C#N)n1)C1CCC1. The van der Waals surface area contributed by atoms with Crippen LogP contribution >= 0.6 is 0 Å².